The Hall–Kier alpha value is -0.690. The summed E-state index contributed by atoms with van der Waals surface area (Å²) >= 11 is 0. The van der Waals surface area contributed by atoms with Gasteiger partial charge in [-0.05, 0) is 0 Å². The monoisotopic (exact) mass is 192 g/mol. The highest BCUT2D eigenvalue weighted by molar-refractivity contribution is 5.73. The van der Waals surface area contributed by atoms with E-state index in [0.29, 0.717) is 0 Å². The van der Waals surface area contributed by atoms with Crippen LogP contribution in [0.2, 0.25) is 0 Å². The predicted molar refractivity (Wildman–Crippen MR) is 40.2 cm³/mol. The van der Waals surface area contributed by atoms with E-state index in [4.69, 9.17) is 14.6 Å². The highest BCUT2D eigenvalue weighted by atomic mass is 16.6. The number of hydrogen-bond acceptors (Lipinski definition) is 5. The van der Waals surface area contributed by atoms with Crippen LogP contribution in [0.3, 0.4) is 0 Å². The molecule has 0 spiro atoms. The molecule has 6 heteroatoms. The second-order valence-corrected chi connectivity index (χ2v) is 2.85. The van der Waals surface area contributed by atoms with Gasteiger partial charge in [0.05, 0.1) is 6.61 Å². The van der Waals surface area contributed by atoms with Crippen LogP contribution in [0.25, 0.3) is 0 Å². The van der Waals surface area contributed by atoms with Crippen LogP contribution in [0.5, 0.6) is 0 Å². The molecular formula is C7H12O6. The molecule has 6 nitrogen and oxygen atoms in total. The van der Waals surface area contributed by atoms with Crippen molar-refractivity contribution in [3.63, 3.8) is 0 Å². The SMILES string of the molecule is CO[C@H]1C(O)COC(C(=O)O)[C@H]1O. The Morgan fingerprint density at radius 1 is 1.54 bits per heavy atom. The van der Waals surface area contributed by atoms with E-state index in [1.54, 1.807) is 0 Å². The van der Waals surface area contributed by atoms with E-state index in [1.165, 1.54) is 7.11 Å². The molecule has 2 unspecified atom stereocenters. The Morgan fingerprint density at radius 3 is 2.62 bits per heavy atom. The topological polar surface area (TPSA) is 96.2 Å². The Labute approximate surface area is 74.7 Å². The van der Waals surface area contributed by atoms with Gasteiger partial charge in [0.2, 0.25) is 0 Å². The number of hydrogen-bond donors (Lipinski definition) is 3. The lowest BCUT2D eigenvalue weighted by molar-refractivity contribution is -0.207. The Morgan fingerprint density at radius 2 is 2.15 bits per heavy atom. The molecule has 1 aliphatic rings. The number of carboxylic acids is 1. The number of methoxy groups -OCH3 is 1. The van der Waals surface area contributed by atoms with E-state index in [0.717, 1.165) is 0 Å². The first-order valence-corrected chi connectivity index (χ1v) is 3.81. The molecule has 3 N–H and O–H groups in total. The van der Waals surface area contributed by atoms with Crippen LogP contribution in [0.1, 0.15) is 0 Å². The molecule has 76 valence electrons. The fourth-order valence-corrected chi connectivity index (χ4v) is 1.31. The lowest BCUT2D eigenvalue weighted by atomic mass is 10.00. The van der Waals surface area contributed by atoms with Gasteiger partial charge in [-0.1, -0.05) is 0 Å². The molecule has 0 amide bonds. The van der Waals surface area contributed by atoms with E-state index < -0.39 is 30.4 Å². The molecule has 1 aliphatic heterocycles. The van der Waals surface area contributed by atoms with Gasteiger partial charge < -0.3 is 24.8 Å². The number of ether oxygens (including phenoxy) is 2. The van der Waals surface area contributed by atoms with Gasteiger partial charge in [0.15, 0.2) is 6.10 Å². The van der Waals surface area contributed by atoms with Crippen molar-refractivity contribution >= 4 is 5.97 Å². The molecule has 0 aliphatic carbocycles. The fourth-order valence-electron chi connectivity index (χ4n) is 1.31. The first-order chi connectivity index (χ1) is 6.07. The molecule has 0 radical (unpaired) electrons. The third-order valence-electron chi connectivity index (χ3n) is 1.99. The molecule has 1 rings (SSSR count). The second-order valence-electron chi connectivity index (χ2n) is 2.85. The van der Waals surface area contributed by atoms with E-state index in [1.807, 2.05) is 0 Å². The molecule has 0 aromatic heterocycles. The van der Waals surface area contributed by atoms with Crippen molar-refractivity contribution in [3.05, 3.63) is 0 Å². The summed E-state index contributed by atoms with van der Waals surface area (Å²) in [5.41, 5.74) is 0. The summed E-state index contributed by atoms with van der Waals surface area (Å²) in [4.78, 5) is 10.5. The maximum absolute atomic E-state index is 10.5. The van der Waals surface area contributed by atoms with Crippen LogP contribution < -0.4 is 0 Å². The molecule has 1 saturated heterocycles. The molecule has 0 bridgehead atoms. The van der Waals surface area contributed by atoms with Gasteiger partial charge in [0.25, 0.3) is 0 Å². The Balaban J connectivity index is 2.69. The standard InChI is InChI=1S/C7H12O6/c1-12-5-3(8)2-13-6(4(5)9)7(10)11/h3-6,8-9H,2H2,1H3,(H,10,11)/t3?,4-,5-,6?/m0/s1. The first-order valence-electron chi connectivity index (χ1n) is 3.81. The summed E-state index contributed by atoms with van der Waals surface area (Å²) in [7, 11) is 1.29. The van der Waals surface area contributed by atoms with Crippen molar-refractivity contribution in [1.29, 1.82) is 0 Å². The number of rotatable bonds is 2. The van der Waals surface area contributed by atoms with E-state index in [9.17, 15) is 15.0 Å². The van der Waals surface area contributed by atoms with Crippen LogP contribution in [-0.2, 0) is 14.3 Å². The lowest BCUT2D eigenvalue weighted by Gasteiger charge is -2.34. The van der Waals surface area contributed by atoms with Gasteiger partial charge in [0, 0.05) is 7.11 Å². The van der Waals surface area contributed by atoms with Crippen LogP contribution in [0, 0.1) is 0 Å². The summed E-state index contributed by atoms with van der Waals surface area (Å²) in [5, 5.41) is 27.2. The smallest absolute Gasteiger partial charge is 0.335 e. The van der Waals surface area contributed by atoms with E-state index in [-0.39, 0.29) is 6.61 Å². The average Bonchev–Trinajstić information content (AvgIpc) is 2.04. The Bertz CT molecular complexity index is 193. The third-order valence-corrected chi connectivity index (χ3v) is 1.99. The predicted octanol–water partition coefficient (Wildman–Crippen LogP) is -1.79. The van der Waals surface area contributed by atoms with Crippen molar-refractivity contribution in [3.8, 4) is 0 Å². The number of carboxylic acid groups (broad SMARTS) is 1. The first kappa shape index (κ1) is 10.4. The molecule has 0 aromatic rings. The number of aliphatic hydroxyl groups excluding tert-OH is 2. The summed E-state index contributed by atoms with van der Waals surface area (Å²) < 4.78 is 9.47. The normalized spacial score (nSPS) is 40.2. The molecule has 4 atom stereocenters. The zero-order valence-corrected chi connectivity index (χ0v) is 7.08. The van der Waals surface area contributed by atoms with Crippen molar-refractivity contribution < 1.29 is 29.6 Å². The van der Waals surface area contributed by atoms with Gasteiger partial charge in [-0.3, -0.25) is 0 Å². The van der Waals surface area contributed by atoms with Crippen LogP contribution in [-0.4, -0.2) is 59.4 Å². The van der Waals surface area contributed by atoms with Gasteiger partial charge in [-0.15, -0.1) is 0 Å². The van der Waals surface area contributed by atoms with E-state index >= 15 is 0 Å². The highest BCUT2D eigenvalue weighted by Crippen LogP contribution is 2.17. The maximum atomic E-state index is 10.5. The average molecular weight is 192 g/mol. The van der Waals surface area contributed by atoms with Crippen molar-refractivity contribution in [1.82, 2.24) is 0 Å². The van der Waals surface area contributed by atoms with Crippen molar-refractivity contribution in [2.24, 2.45) is 0 Å². The van der Waals surface area contributed by atoms with Crippen molar-refractivity contribution in [2.75, 3.05) is 13.7 Å². The van der Waals surface area contributed by atoms with Crippen LogP contribution in [0.15, 0.2) is 0 Å². The number of aliphatic carboxylic acids is 1. The summed E-state index contributed by atoms with van der Waals surface area (Å²) in [6, 6.07) is 0. The van der Waals surface area contributed by atoms with Crippen LogP contribution >= 0.6 is 0 Å². The largest absolute Gasteiger partial charge is 0.479 e. The molecular weight excluding hydrogens is 180 g/mol. The fraction of sp³-hybridized carbons (Fsp3) is 0.857. The summed E-state index contributed by atoms with van der Waals surface area (Å²) in [6.07, 6.45) is -4.56. The minimum absolute atomic E-state index is 0.146. The molecule has 0 aromatic carbocycles. The molecule has 1 heterocycles. The van der Waals surface area contributed by atoms with Gasteiger partial charge in [-0.25, -0.2) is 4.79 Å². The van der Waals surface area contributed by atoms with Crippen molar-refractivity contribution in [2.45, 2.75) is 24.4 Å². The zero-order chi connectivity index (χ0) is 10.0. The van der Waals surface area contributed by atoms with Gasteiger partial charge in [0.1, 0.15) is 18.3 Å². The molecule has 0 saturated carbocycles. The maximum Gasteiger partial charge on any atom is 0.335 e. The lowest BCUT2D eigenvalue weighted by Crippen LogP contribution is -2.56. The van der Waals surface area contributed by atoms with E-state index in [2.05, 4.69) is 0 Å². The van der Waals surface area contributed by atoms with Gasteiger partial charge >= 0.3 is 5.97 Å². The Kier molecular flexibility index (Phi) is 3.21. The number of aliphatic hydroxyl groups is 2. The summed E-state index contributed by atoms with van der Waals surface area (Å²) in [5.74, 6) is -1.26. The minimum atomic E-state index is -1.34. The zero-order valence-electron chi connectivity index (χ0n) is 7.08. The summed E-state index contributed by atoms with van der Waals surface area (Å²) in [6.45, 7) is -0.146. The molecule has 1 fully saturated rings. The van der Waals surface area contributed by atoms with Gasteiger partial charge in [-0.2, -0.15) is 0 Å². The molecule has 13 heavy (non-hydrogen) atoms. The minimum Gasteiger partial charge on any atom is -0.479 e. The third kappa shape index (κ3) is 1.97. The van der Waals surface area contributed by atoms with Crippen LogP contribution in [0.4, 0.5) is 0 Å². The second kappa shape index (κ2) is 4.01. The quantitative estimate of drug-likeness (QED) is 0.478. The number of carbonyl (C=O) groups is 1. The highest BCUT2D eigenvalue weighted by Gasteiger charge is 2.42.